The fourth-order valence-electron chi connectivity index (χ4n) is 2.82. The van der Waals surface area contributed by atoms with Crippen LogP contribution >= 0.6 is 35.0 Å². The Labute approximate surface area is 176 Å². The van der Waals surface area contributed by atoms with Crippen LogP contribution in [0.5, 0.6) is 0 Å². The highest BCUT2D eigenvalue weighted by molar-refractivity contribution is 7.99. The first-order chi connectivity index (χ1) is 13.3. The molecule has 28 heavy (non-hydrogen) atoms. The van der Waals surface area contributed by atoms with Crippen molar-refractivity contribution in [3.8, 4) is 0 Å². The van der Waals surface area contributed by atoms with E-state index in [1.54, 1.807) is 22.8 Å². The summed E-state index contributed by atoms with van der Waals surface area (Å²) in [7, 11) is 0. The van der Waals surface area contributed by atoms with Gasteiger partial charge in [-0.25, -0.2) is 4.98 Å². The predicted octanol–water partition coefficient (Wildman–Crippen LogP) is 5.04. The van der Waals surface area contributed by atoms with Gasteiger partial charge in [0, 0.05) is 27.5 Å². The molecule has 0 fully saturated rings. The third-order valence-electron chi connectivity index (χ3n) is 4.30. The number of nitrogens with zero attached hydrogens (tertiary/aromatic N) is 2. The van der Waals surface area contributed by atoms with Crippen molar-refractivity contribution in [3.05, 3.63) is 50.4 Å². The predicted molar refractivity (Wildman–Crippen MR) is 116 cm³/mol. The van der Waals surface area contributed by atoms with Crippen LogP contribution in [0.2, 0.25) is 10.0 Å². The minimum atomic E-state index is -0.237. The lowest BCUT2D eigenvalue weighted by Gasteiger charge is -2.17. The number of halogens is 2. The lowest BCUT2D eigenvalue weighted by Crippen LogP contribution is -2.26. The van der Waals surface area contributed by atoms with Crippen LogP contribution in [0.4, 0.5) is 5.69 Å². The van der Waals surface area contributed by atoms with Gasteiger partial charge in [-0.3, -0.25) is 14.2 Å². The van der Waals surface area contributed by atoms with Crippen molar-refractivity contribution in [2.24, 2.45) is 0 Å². The van der Waals surface area contributed by atoms with Crippen molar-refractivity contribution in [3.63, 3.8) is 0 Å². The number of amides is 1. The van der Waals surface area contributed by atoms with Gasteiger partial charge in [0.05, 0.1) is 11.3 Å². The molecule has 1 atom stereocenters. The normalized spacial score (nSPS) is 12.3. The average molecular weight is 439 g/mol. The standard InChI is InChI=1S/C19H20Cl2N4O2S/c1-4-11(3)25-18(27)17-15(5-10(2)22-17)24-19(25)28-9-16(26)23-14-7-12(20)6-13(21)8-14/h5-8,11,22H,4,9H2,1-3H3,(H,23,26)/t11-/m1/s1. The number of aromatic amines is 1. The van der Waals surface area contributed by atoms with Crippen LogP contribution in [0, 0.1) is 6.92 Å². The van der Waals surface area contributed by atoms with Crippen LogP contribution in [-0.2, 0) is 4.79 Å². The van der Waals surface area contributed by atoms with Gasteiger partial charge >= 0.3 is 0 Å². The highest BCUT2D eigenvalue weighted by Crippen LogP contribution is 2.25. The maximum atomic E-state index is 12.9. The Bertz CT molecular complexity index is 1070. The number of thioether (sulfide) groups is 1. The second-order valence-corrected chi connectivity index (χ2v) is 8.35. The summed E-state index contributed by atoms with van der Waals surface area (Å²) >= 11 is 13.1. The number of carbonyl (C=O) groups excluding carboxylic acids is 1. The first kappa shape index (κ1) is 20.8. The summed E-state index contributed by atoms with van der Waals surface area (Å²) in [6, 6.07) is 6.63. The van der Waals surface area contributed by atoms with E-state index < -0.39 is 0 Å². The van der Waals surface area contributed by atoms with Crippen LogP contribution in [0.25, 0.3) is 11.0 Å². The number of benzene rings is 1. The van der Waals surface area contributed by atoms with Gasteiger partial charge in [-0.15, -0.1) is 0 Å². The molecule has 0 radical (unpaired) electrons. The lowest BCUT2D eigenvalue weighted by molar-refractivity contribution is -0.113. The van der Waals surface area contributed by atoms with Gasteiger partial charge in [-0.05, 0) is 44.5 Å². The summed E-state index contributed by atoms with van der Waals surface area (Å²) in [5.41, 5.74) is 2.35. The van der Waals surface area contributed by atoms with Crippen molar-refractivity contribution >= 4 is 57.6 Å². The minimum Gasteiger partial charge on any atom is -0.353 e. The zero-order chi connectivity index (χ0) is 20.4. The Hall–Kier alpha value is -1.96. The highest BCUT2D eigenvalue weighted by atomic mass is 35.5. The van der Waals surface area contributed by atoms with E-state index in [-0.39, 0.29) is 23.3 Å². The molecule has 0 bridgehead atoms. The van der Waals surface area contributed by atoms with Crippen LogP contribution < -0.4 is 10.9 Å². The summed E-state index contributed by atoms with van der Waals surface area (Å²) in [5, 5.41) is 4.16. The lowest BCUT2D eigenvalue weighted by atomic mass is 10.2. The number of rotatable bonds is 6. The largest absolute Gasteiger partial charge is 0.353 e. The molecule has 3 aromatic rings. The molecule has 0 aliphatic carbocycles. The van der Waals surface area contributed by atoms with Gasteiger partial charge in [0.2, 0.25) is 5.91 Å². The number of hydrogen-bond acceptors (Lipinski definition) is 4. The Morgan fingerprint density at radius 3 is 2.61 bits per heavy atom. The van der Waals surface area contributed by atoms with Gasteiger partial charge in [0.25, 0.3) is 5.56 Å². The third-order valence-corrected chi connectivity index (χ3v) is 5.69. The Kier molecular flexibility index (Phi) is 6.37. The first-order valence-electron chi connectivity index (χ1n) is 8.79. The SMILES string of the molecule is CC[C@@H](C)n1c(SCC(=O)Nc2cc(Cl)cc(Cl)c2)nc2cc(C)[nH]c2c1=O. The van der Waals surface area contributed by atoms with E-state index in [0.717, 1.165) is 12.1 Å². The number of nitrogens with one attached hydrogen (secondary N) is 2. The molecule has 3 rings (SSSR count). The van der Waals surface area contributed by atoms with Crippen molar-refractivity contribution in [1.82, 2.24) is 14.5 Å². The van der Waals surface area contributed by atoms with Gasteiger partial charge in [0.1, 0.15) is 5.52 Å². The van der Waals surface area contributed by atoms with Gasteiger partial charge in [0.15, 0.2) is 5.16 Å². The zero-order valence-corrected chi connectivity index (χ0v) is 18.0. The molecule has 9 heteroatoms. The summed E-state index contributed by atoms with van der Waals surface area (Å²) in [5.74, 6) is -0.138. The molecular formula is C19H20Cl2N4O2S. The molecule has 0 spiro atoms. The molecule has 6 nitrogen and oxygen atoms in total. The molecule has 148 valence electrons. The second kappa shape index (κ2) is 8.59. The van der Waals surface area contributed by atoms with Gasteiger partial charge < -0.3 is 10.3 Å². The van der Waals surface area contributed by atoms with Crippen molar-refractivity contribution in [2.75, 3.05) is 11.1 Å². The minimum absolute atomic E-state index is 0.0368. The van der Waals surface area contributed by atoms with Crippen LogP contribution in [0.3, 0.4) is 0 Å². The van der Waals surface area contributed by atoms with Gasteiger partial charge in [-0.1, -0.05) is 41.9 Å². The van der Waals surface area contributed by atoms with E-state index in [9.17, 15) is 9.59 Å². The summed E-state index contributed by atoms with van der Waals surface area (Å²) in [6.45, 7) is 5.85. The summed E-state index contributed by atoms with van der Waals surface area (Å²) in [4.78, 5) is 33.0. The van der Waals surface area contributed by atoms with E-state index in [0.29, 0.717) is 31.9 Å². The topological polar surface area (TPSA) is 79.8 Å². The molecule has 2 aromatic heterocycles. The Morgan fingerprint density at radius 2 is 1.96 bits per heavy atom. The Balaban J connectivity index is 1.84. The van der Waals surface area contributed by atoms with Crippen LogP contribution in [0.15, 0.2) is 34.2 Å². The molecule has 0 saturated heterocycles. The van der Waals surface area contributed by atoms with E-state index in [1.807, 2.05) is 26.8 Å². The number of aromatic nitrogens is 3. The number of aryl methyl sites for hydroxylation is 1. The van der Waals surface area contributed by atoms with E-state index in [4.69, 9.17) is 23.2 Å². The van der Waals surface area contributed by atoms with Crippen molar-refractivity contribution in [1.29, 1.82) is 0 Å². The molecule has 0 aliphatic rings. The molecule has 0 saturated carbocycles. The highest BCUT2D eigenvalue weighted by Gasteiger charge is 2.18. The number of fused-ring (bicyclic) bond motifs is 1. The van der Waals surface area contributed by atoms with Crippen LogP contribution in [-0.4, -0.2) is 26.2 Å². The molecule has 1 amide bonds. The number of hydrogen-bond donors (Lipinski definition) is 2. The maximum absolute atomic E-state index is 12.9. The second-order valence-electron chi connectivity index (χ2n) is 6.53. The smallest absolute Gasteiger partial charge is 0.278 e. The van der Waals surface area contributed by atoms with E-state index >= 15 is 0 Å². The zero-order valence-electron chi connectivity index (χ0n) is 15.7. The van der Waals surface area contributed by atoms with E-state index in [1.165, 1.54) is 11.8 Å². The number of anilines is 1. The maximum Gasteiger partial charge on any atom is 0.278 e. The fraction of sp³-hybridized carbons (Fsp3) is 0.316. The van der Waals surface area contributed by atoms with E-state index in [2.05, 4.69) is 15.3 Å². The average Bonchev–Trinajstić information content (AvgIpc) is 2.99. The quantitative estimate of drug-likeness (QED) is 0.417. The molecule has 0 unspecified atom stereocenters. The molecule has 2 N–H and O–H groups in total. The van der Waals surface area contributed by atoms with Gasteiger partial charge in [-0.2, -0.15) is 0 Å². The molecule has 1 aromatic carbocycles. The first-order valence-corrected chi connectivity index (χ1v) is 10.5. The molecule has 2 heterocycles. The Morgan fingerprint density at radius 1 is 1.29 bits per heavy atom. The van der Waals surface area contributed by atoms with Crippen molar-refractivity contribution in [2.45, 2.75) is 38.4 Å². The molecule has 0 aliphatic heterocycles. The number of carbonyl (C=O) groups is 1. The fourth-order valence-corrected chi connectivity index (χ4v) is 4.24. The number of H-pyrrole nitrogens is 1. The summed E-state index contributed by atoms with van der Waals surface area (Å²) < 4.78 is 1.65. The third kappa shape index (κ3) is 4.54. The monoisotopic (exact) mass is 438 g/mol. The molecular weight excluding hydrogens is 419 g/mol. The summed E-state index contributed by atoms with van der Waals surface area (Å²) in [6.07, 6.45) is 0.771. The van der Waals surface area contributed by atoms with Crippen molar-refractivity contribution < 1.29 is 4.79 Å². The van der Waals surface area contributed by atoms with Crippen LogP contribution in [0.1, 0.15) is 32.0 Å².